The van der Waals surface area contributed by atoms with Crippen molar-refractivity contribution >= 4 is 16.4 Å². The summed E-state index contributed by atoms with van der Waals surface area (Å²) in [6.07, 6.45) is 9.21. The first-order valence-corrected chi connectivity index (χ1v) is 11.7. The molecular formula is C19H40O8S. The highest BCUT2D eigenvalue weighted by atomic mass is 32.3. The van der Waals surface area contributed by atoms with Crippen LogP contribution in [0.15, 0.2) is 0 Å². The van der Waals surface area contributed by atoms with Crippen molar-refractivity contribution in [3.8, 4) is 0 Å². The molecule has 1 atom stereocenters. The highest BCUT2D eigenvalue weighted by Crippen LogP contribution is 2.11. The number of aliphatic hydroxyl groups is 2. The van der Waals surface area contributed by atoms with E-state index in [1.807, 2.05) is 13.8 Å². The molecule has 0 saturated heterocycles. The second-order valence-electron chi connectivity index (χ2n) is 6.29. The van der Waals surface area contributed by atoms with Crippen LogP contribution in [0.1, 0.15) is 85.0 Å². The highest BCUT2D eigenvalue weighted by molar-refractivity contribution is 7.82. The maximum Gasteiger partial charge on any atom is 0.451 e. The van der Waals surface area contributed by atoms with Crippen LogP contribution in [0.4, 0.5) is 0 Å². The molecule has 0 aromatic heterocycles. The summed E-state index contributed by atoms with van der Waals surface area (Å²) in [6.45, 7) is 6.88. The van der Waals surface area contributed by atoms with Gasteiger partial charge in [0, 0.05) is 13.2 Å². The lowest BCUT2D eigenvalue weighted by molar-refractivity contribution is -0.145. The zero-order valence-corrected chi connectivity index (χ0v) is 18.5. The van der Waals surface area contributed by atoms with Gasteiger partial charge in [-0.05, 0) is 20.3 Å². The van der Waals surface area contributed by atoms with Gasteiger partial charge in [-0.3, -0.25) is 0 Å². The summed E-state index contributed by atoms with van der Waals surface area (Å²) in [5, 5.41) is 17.4. The largest absolute Gasteiger partial charge is 0.451 e. The van der Waals surface area contributed by atoms with Crippen LogP contribution < -0.4 is 0 Å². The number of unbranched alkanes of at least 4 members (excludes halogenated alkanes) is 9. The summed E-state index contributed by atoms with van der Waals surface area (Å²) in [6, 6.07) is 0. The Labute approximate surface area is 170 Å². The minimum Gasteiger partial charge on any atom is -0.393 e. The van der Waals surface area contributed by atoms with E-state index in [4.69, 9.17) is 14.9 Å². The lowest BCUT2D eigenvalue weighted by atomic mass is 10.1. The van der Waals surface area contributed by atoms with E-state index in [0.717, 1.165) is 32.5 Å². The molecule has 0 aliphatic heterocycles. The number of rotatable bonds is 17. The van der Waals surface area contributed by atoms with E-state index in [9.17, 15) is 13.2 Å². The van der Waals surface area contributed by atoms with E-state index in [2.05, 4.69) is 15.3 Å². The minimum absolute atomic E-state index is 0.0681. The third-order valence-corrected chi connectivity index (χ3v) is 4.59. The summed E-state index contributed by atoms with van der Waals surface area (Å²) in [4.78, 5) is 11.0. The fraction of sp³-hybridized carbons (Fsp3) is 0.947. The molecule has 0 saturated carbocycles. The first-order valence-electron chi connectivity index (χ1n) is 10.3. The van der Waals surface area contributed by atoms with Crippen molar-refractivity contribution in [1.82, 2.24) is 0 Å². The van der Waals surface area contributed by atoms with E-state index >= 15 is 0 Å². The van der Waals surface area contributed by atoms with E-state index < -0.39 is 29.1 Å². The van der Waals surface area contributed by atoms with Gasteiger partial charge in [0.2, 0.25) is 0 Å². The predicted octanol–water partition coefficient (Wildman–Crippen LogP) is 3.11. The van der Waals surface area contributed by atoms with Crippen LogP contribution in [-0.4, -0.2) is 57.1 Å². The molecule has 9 heteroatoms. The fourth-order valence-corrected chi connectivity index (χ4v) is 2.89. The van der Waals surface area contributed by atoms with Crippen molar-refractivity contribution in [1.29, 1.82) is 0 Å². The molecular weight excluding hydrogens is 388 g/mol. The quantitative estimate of drug-likeness (QED) is 0.339. The van der Waals surface area contributed by atoms with Gasteiger partial charge in [-0.1, -0.05) is 64.7 Å². The average molecular weight is 429 g/mol. The molecule has 170 valence electrons. The maximum atomic E-state index is 11.3. The second kappa shape index (κ2) is 21.0. The SMILES string of the molecule is CCCCCCCCCCCCOS(=O)(=O)OC(=O)C(O)CO.CCOCC. The monoisotopic (exact) mass is 428 g/mol. The van der Waals surface area contributed by atoms with Crippen molar-refractivity contribution in [2.75, 3.05) is 26.4 Å². The summed E-state index contributed by atoms with van der Waals surface area (Å²) in [5.41, 5.74) is 0. The normalized spacial score (nSPS) is 12.2. The van der Waals surface area contributed by atoms with Crippen molar-refractivity contribution in [3.63, 3.8) is 0 Å². The molecule has 0 bridgehead atoms. The molecule has 0 amide bonds. The zero-order chi connectivity index (χ0) is 21.7. The molecule has 0 fully saturated rings. The van der Waals surface area contributed by atoms with E-state index in [1.54, 1.807) is 0 Å². The molecule has 0 aromatic carbocycles. The number of aliphatic hydroxyl groups excluding tert-OH is 2. The molecule has 2 N–H and O–H groups in total. The first kappa shape index (κ1) is 29.5. The zero-order valence-electron chi connectivity index (χ0n) is 17.7. The Balaban J connectivity index is 0. The van der Waals surface area contributed by atoms with Gasteiger partial charge in [0.1, 0.15) is 0 Å². The third-order valence-electron chi connectivity index (χ3n) is 3.76. The van der Waals surface area contributed by atoms with Gasteiger partial charge in [0.05, 0.1) is 13.2 Å². The first-order chi connectivity index (χ1) is 13.3. The minimum atomic E-state index is -4.47. The predicted molar refractivity (Wildman–Crippen MR) is 108 cm³/mol. The second-order valence-corrected chi connectivity index (χ2v) is 7.51. The molecule has 0 heterocycles. The number of hydrogen-bond acceptors (Lipinski definition) is 8. The Morgan fingerprint density at radius 2 is 1.32 bits per heavy atom. The third kappa shape index (κ3) is 21.6. The van der Waals surface area contributed by atoms with Crippen LogP contribution in [0, 0.1) is 0 Å². The molecule has 0 aliphatic rings. The summed E-state index contributed by atoms with van der Waals surface area (Å²) >= 11 is 0. The van der Waals surface area contributed by atoms with Gasteiger partial charge in [0.25, 0.3) is 0 Å². The van der Waals surface area contributed by atoms with Crippen LogP contribution in [0.2, 0.25) is 0 Å². The van der Waals surface area contributed by atoms with Crippen LogP contribution in [-0.2, 0) is 28.3 Å². The Morgan fingerprint density at radius 3 is 1.71 bits per heavy atom. The van der Waals surface area contributed by atoms with Gasteiger partial charge in [-0.25, -0.2) is 8.98 Å². The van der Waals surface area contributed by atoms with Crippen LogP contribution in [0.3, 0.4) is 0 Å². The lowest BCUT2D eigenvalue weighted by Gasteiger charge is -2.08. The number of carbonyl (C=O) groups excluding carboxylic acids is 1. The van der Waals surface area contributed by atoms with E-state index in [0.29, 0.717) is 6.42 Å². The Kier molecular flexibility index (Phi) is 22.1. The summed E-state index contributed by atoms with van der Waals surface area (Å²) < 4.78 is 35.8. The molecule has 0 aliphatic carbocycles. The smallest absolute Gasteiger partial charge is 0.393 e. The Hall–Kier alpha value is -0.740. The number of ether oxygens (including phenoxy) is 1. The standard InChI is InChI=1S/C15H30O7S.C4H10O/c1-2-3-4-5-6-7-8-9-10-11-12-21-23(19,20)22-15(18)14(17)13-16;1-3-5-4-2/h14,16-17H,2-13H2,1H3;3-4H2,1-2H3. The average Bonchev–Trinajstić information content (AvgIpc) is 2.66. The van der Waals surface area contributed by atoms with Crippen LogP contribution >= 0.6 is 0 Å². The van der Waals surface area contributed by atoms with Gasteiger partial charge in [-0.2, -0.15) is 8.42 Å². The molecule has 0 spiro atoms. The number of hydrogen-bond donors (Lipinski definition) is 2. The van der Waals surface area contributed by atoms with Crippen molar-refractivity contribution in [2.45, 2.75) is 91.1 Å². The highest BCUT2D eigenvalue weighted by Gasteiger charge is 2.23. The van der Waals surface area contributed by atoms with E-state index in [-0.39, 0.29) is 6.61 Å². The molecule has 0 aromatic rings. The van der Waals surface area contributed by atoms with Gasteiger partial charge >= 0.3 is 16.4 Å². The van der Waals surface area contributed by atoms with E-state index in [1.165, 1.54) is 38.5 Å². The molecule has 0 radical (unpaired) electrons. The Morgan fingerprint density at radius 1 is 0.857 bits per heavy atom. The molecule has 0 rings (SSSR count). The summed E-state index contributed by atoms with van der Waals surface area (Å²) in [5.74, 6) is -1.45. The van der Waals surface area contributed by atoms with Crippen molar-refractivity contribution < 1.29 is 36.5 Å². The lowest BCUT2D eigenvalue weighted by Crippen LogP contribution is -2.29. The number of carbonyl (C=O) groups is 1. The van der Waals surface area contributed by atoms with Gasteiger partial charge < -0.3 is 19.1 Å². The van der Waals surface area contributed by atoms with Crippen molar-refractivity contribution in [3.05, 3.63) is 0 Å². The molecule has 8 nitrogen and oxygen atoms in total. The summed E-state index contributed by atoms with van der Waals surface area (Å²) in [7, 11) is -4.47. The van der Waals surface area contributed by atoms with Crippen molar-refractivity contribution in [2.24, 2.45) is 0 Å². The van der Waals surface area contributed by atoms with Crippen LogP contribution in [0.5, 0.6) is 0 Å². The molecule has 1 unspecified atom stereocenters. The maximum absolute atomic E-state index is 11.3. The molecule has 28 heavy (non-hydrogen) atoms. The van der Waals surface area contributed by atoms with Gasteiger partial charge in [-0.15, -0.1) is 0 Å². The van der Waals surface area contributed by atoms with Gasteiger partial charge in [0.15, 0.2) is 6.10 Å². The fourth-order valence-electron chi connectivity index (χ4n) is 2.21. The topological polar surface area (TPSA) is 119 Å². The Bertz CT molecular complexity index is 437. The van der Waals surface area contributed by atoms with Crippen LogP contribution in [0.25, 0.3) is 0 Å².